The van der Waals surface area contributed by atoms with Crippen LogP contribution in [0.2, 0.25) is 0 Å². The molecular formula is C16H23N3O3S. The molecule has 2 rings (SSSR count). The number of hydrogen-bond donors (Lipinski definition) is 3. The number of urea groups is 1. The van der Waals surface area contributed by atoms with Gasteiger partial charge in [-0.25, -0.2) is 9.78 Å². The molecule has 7 heteroatoms. The summed E-state index contributed by atoms with van der Waals surface area (Å²) in [4.78, 5) is 16.3. The van der Waals surface area contributed by atoms with Crippen molar-refractivity contribution < 1.29 is 14.3 Å². The predicted octanol–water partition coefficient (Wildman–Crippen LogP) is 2.87. The summed E-state index contributed by atoms with van der Waals surface area (Å²) in [5.41, 5.74) is -0.417. The van der Waals surface area contributed by atoms with E-state index in [0.717, 1.165) is 10.7 Å². The van der Waals surface area contributed by atoms with Crippen LogP contribution in [0.25, 0.3) is 0 Å². The fourth-order valence-corrected chi connectivity index (χ4v) is 2.80. The number of furan rings is 1. The summed E-state index contributed by atoms with van der Waals surface area (Å²) in [6, 6.07) is 3.13. The SMILES string of the molecule is Cc1ccc([C@](C)(O)CNC(=O)NCc2csc(C(C)C)n2)o1. The Balaban J connectivity index is 1.80. The highest BCUT2D eigenvalue weighted by atomic mass is 32.1. The Labute approximate surface area is 139 Å². The van der Waals surface area contributed by atoms with Crippen LogP contribution in [0.15, 0.2) is 21.9 Å². The summed E-state index contributed by atoms with van der Waals surface area (Å²) < 4.78 is 5.40. The van der Waals surface area contributed by atoms with Crippen LogP contribution < -0.4 is 10.6 Å². The lowest BCUT2D eigenvalue weighted by Crippen LogP contribution is -2.43. The fraction of sp³-hybridized carbons (Fsp3) is 0.500. The third-order valence-corrected chi connectivity index (χ3v) is 4.55. The molecule has 0 radical (unpaired) electrons. The van der Waals surface area contributed by atoms with Gasteiger partial charge in [-0.15, -0.1) is 11.3 Å². The maximum Gasteiger partial charge on any atom is 0.315 e. The van der Waals surface area contributed by atoms with Crippen LogP contribution in [-0.2, 0) is 12.1 Å². The van der Waals surface area contributed by atoms with E-state index in [2.05, 4.69) is 29.5 Å². The third kappa shape index (κ3) is 4.80. The van der Waals surface area contributed by atoms with Gasteiger partial charge in [-0.1, -0.05) is 13.8 Å². The highest BCUT2D eigenvalue weighted by Crippen LogP contribution is 2.22. The van der Waals surface area contributed by atoms with E-state index in [1.165, 1.54) is 0 Å². The first-order valence-corrected chi connectivity index (χ1v) is 8.41. The summed E-state index contributed by atoms with van der Waals surface area (Å²) in [6.45, 7) is 7.99. The Hall–Kier alpha value is -1.86. The Kier molecular flexibility index (Phi) is 5.43. The first-order valence-electron chi connectivity index (χ1n) is 7.53. The molecule has 0 saturated carbocycles. The second-order valence-electron chi connectivity index (χ2n) is 6.05. The van der Waals surface area contributed by atoms with Crippen LogP contribution in [0.5, 0.6) is 0 Å². The van der Waals surface area contributed by atoms with Crippen molar-refractivity contribution in [2.24, 2.45) is 0 Å². The molecule has 0 aliphatic heterocycles. The normalized spacial score (nSPS) is 13.8. The smallest absolute Gasteiger partial charge is 0.315 e. The molecule has 0 saturated heterocycles. The molecule has 1 atom stereocenters. The molecule has 2 amide bonds. The lowest BCUT2D eigenvalue weighted by molar-refractivity contribution is 0.0359. The van der Waals surface area contributed by atoms with E-state index in [-0.39, 0.29) is 12.6 Å². The number of amides is 2. The predicted molar refractivity (Wildman–Crippen MR) is 89.5 cm³/mol. The van der Waals surface area contributed by atoms with Gasteiger partial charge in [-0.3, -0.25) is 0 Å². The van der Waals surface area contributed by atoms with Crippen molar-refractivity contribution in [3.63, 3.8) is 0 Å². The highest BCUT2D eigenvalue weighted by molar-refractivity contribution is 7.09. The molecule has 2 heterocycles. The molecule has 23 heavy (non-hydrogen) atoms. The molecule has 3 N–H and O–H groups in total. The van der Waals surface area contributed by atoms with Crippen molar-refractivity contribution in [1.82, 2.24) is 15.6 Å². The van der Waals surface area contributed by atoms with Gasteiger partial charge in [0.1, 0.15) is 17.1 Å². The van der Waals surface area contributed by atoms with Crippen LogP contribution in [0.3, 0.4) is 0 Å². The van der Waals surface area contributed by atoms with Crippen LogP contribution >= 0.6 is 11.3 Å². The Bertz CT molecular complexity index is 661. The molecule has 0 spiro atoms. The number of carbonyl (C=O) groups is 1. The van der Waals surface area contributed by atoms with E-state index in [0.29, 0.717) is 24.0 Å². The van der Waals surface area contributed by atoms with Gasteiger partial charge in [0.15, 0.2) is 0 Å². The molecule has 2 aromatic heterocycles. The molecular weight excluding hydrogens is 314 g/mol. The fourth-order valence-electron chi connectivity index (χ4n) is 1.97. The molecule has 0 fully saturated rings. The topological polar surface area (TPSA) is 87.4 Å². The van der Waals surface area contributed by atoms with Crippen molar-refractivity contribution in [2.75, 3.05) is 6.54 Å². The van der Waals surface area contributed by atoms with Gasteiger partial charge in [0, 0.05) is 11.3 Å². The first-order chi connectivity index (χ1) is 10.8. The van der Waals surface area contributed by atoms with Gasteiger partial charge < -0.3 is 20.2 Å². The number of aliphatic hydroxyl groups is 1. The van der Waals surface area contributed by atoms with Crippen molar-refractivity contribution in [2.45, 2.75) is 45.8 Å². The van der Waals surface area contributed by atoms with Crippen molar-refractivity contribution in [3.8, 4) is 0 Å². The molecule has 126 valence electrons. The minimum atomic E-state index is -1.25. The number of aromatic nitrogens is 1. The molecule has 2 aromatic rings. The largest absolute Gasteiger partial charge is 0.463 e. The zero-order chi connectivity index (χ0) is 17.0. The summed E-state index contributed by atoms with van der Waals surface area (Å²) in [5, 5.41) is 18.7. The molecule has 0 aliphatic rings. The average Bonchev–Trinajstić information content (AvgIpc) is 3.12. The number of aryl methyl sites for hydroxylation is 1. The zero-order valence-corrected chi connectivity index (χ0v) is 14.7. The Morgan fingerprint density at radius 3 is 2.74 bits per heavy atom. The van der Waals surface area contributed by atoms with Crippen molar-refractivity contribution in [1.29, 1.82) is 0 Å². The minimum absolute atomic E-state index is 0.0557. The van der Waals surface area contributed by atoms with Gasteiger partial charge in [0.25, 0.3) is 0 Å². The Morgan fingerprint density at radius 2 is 2.17 bits per heavy atom. The summed E-state index contributed by atoms with van der Waals surface area (Å²) in [5.74, 6) is 1.53. The van der Waals surface area contributed by atoms with E-state index in [1.807, 2.05) is 5.38 Å². The Morgan fingerprint density at radius 1 is 1.43 bits per heavy atom. The maximum atomic E-state index is 11.9. The van der Waals surface area contributed by atoms with Gasteiger partial charge >= 0.3 is 6.03 Å². The van der Waals surface area contributed by atoms with Crippen LogP contribution in [0.1, 0.15) is 48.9 Å². The zero-order valence-electron chi connectivity index (χ0n) is 13.8. The van der Waals surface area contributed by atoms with E-state index in [1.54, 1.807) is 37.3 Å². The first kappa shape index (κ1) is 17.5. The summed E-state index contributed by atoms with van der Waals surface area (Å²) in [7, 11) is 0. The molecule has 0 aliphatic carbocycles. The number of thiazole rings is 1. The second-order valence-corrected chi connectivity index (χ2v) is 6.94. The van der Waals surface area contributed by atoms with Gasteiger partial charge in [0.05, 0.1) is 23.8 Å². The number of nitrogens with zero attached hydrogens (tertiary/aromatic N) is 1. The quantitative estimate of drug-likeness (QED) is 0.756. The molecule has 0 bridgehead atoms. The standard InChI is InChI=1S/C16H23N3O3S/c1-10(2)14-19-12(8-23-14)7-17-15(20)18-9-16(4,21)13-6-5-11(3)22-13/h5-6,8,10,21H,7,9H2,1-4H3,(H2,17,18,20)/t16-/m1/s1. The maximum absolute atomic E-state index is 11.9. The number of nitrogens with one attached hydrogen (secondary N) is 2. The number of hydrogen-bond acceptors (Lipinski definition) is 5. The minimum Gasteiger partial charge on any atom is -0.463 e. The highest BCUT2D eigenvalue weighted by Gasteiger charge is 2.27. The molecule has 0 unspecified atom stereocenters. The van der Waals surface area contributed by atoms with Gasteiger partial charge in [0.2, 0.25) is 0 Å². The number of rotatable bonds is 6. The monoisotopic (exact) mass is 337 g/mol. The van der Waals surface area contributed by atoms with E-state index >= 15 is 0 Å². The van der Waals surface area contributed by atoms with Crippen LogP contribution in [0, 0.1) is 6.92 Å². The van der Waals surface area contributed by atoms with E-state index in [4.69, 9.17) is 4.42 Å². The van der Waals surface area contributed by atoms with Crippen LogP contribution in [0.4, 0.5) is 4.79 Å². The number of carbonyl (C=O) groups excluding carboxylic acids is 1. The molecule has 0 aromatic carbocycles. The van der Waals surface area contributed by atoms with Gasteiger partial charge in [-0.05, 0) is 26.0 Å². The van der Waals surface area contributed by atoms with E-state index < -0.39 is 5.60 Å². The second kappa shape index (κ2) is 7.14. The lowest BCUT2D eigenvalue weighted by atomic mass is 10.0. The van der Waals surface area contributed by atoms with Crippen LogP contribution in [-0.4, -0.2) is 22.7 Å². The third-order valence-electron chi connectivity index (χ3n) is 3.36. The van der Waals surface area contributed by atoms with Crippen molar-refractivity contribution in [3.05, 3.63) is 39.7 Å². The van der Waals surface area contributed by atoms with Gasteiger partial charge in [-0.2, -0.15) is 0 Å². The average molecular weight is 337 g/mol. The molecule has 6 nitrogen and oxygen atoms in total. The van der Waals surface area contributed by atoms with E-state index in [9.17, 15) is 9.90 Å². The van der Waals surface area contributed by atoms with Crippen molar-refractivity contribution >= 4 is 17.4 Å². The summed E-state index contributed by atoms with van der Waals surface area (Å²) in [6.07, 6.45) is 0. The summed E-state index contributed by atoms with van der Waals surface area (Å²) >= 11 is 1.59. The lowest BCUT2D eigenvalue weighted by Gasteiger charge is -2.21.